The van der Waals surface area contributed by atoms with Gasteiger partial charge in [0, 0.05) is 12.0 Å². The van der Waals surface area contributed by atoms with E-state index in [0.29, 0.717) is 11.3 Å². The topological polar surface area (TPSA) is 9.23 Å². The molecule has 76 valence electrons. The Bertz CT molecular complexity index is 357. The summed E-state index contributed by atoms with van der Waals surface area (Å²) in [5.41, 5.74) is 1.53. The van der Waals surface area contributed by atoms with Crippen LogP contribution in [0.4, 0.5) is 13.2 Å². The molecule has 2 rings (SSSR count). The van der Waals surface area contributed by atoms with Crippen molar-refractivity contribution in [3.63, 3.8) is 0 Å². The third-order valence-corrected chi connectivity index (χ3v) is 2.39. The number of hydrogen-bond donors (Lipinski definition) is 0. The second-order valence-corrected chi connectivity index (χ2v) is 3.40. The Labute approximate surface area is 79.5 Å². The maximum atomic E-state index is 12.3. The minimum absolute atomic E-state index is 0.0640. The van der Waals surface area contributed by atoms with Crippen LogP contribution in [0.15, 0.2) is 18.2 Å². The standard InChI is InChI=1S/C10H9F3O/c1-6-3-2-4-8-7(6)5-9(14-8)10(11,12)13/h2-4,9H,5H2,1H3. The average Bonchev–Trinajstić information content (AvgIpc) is 2.48. The van der Waals surface area contributed by atoms with Gasteiger partial charge < -0.3 is 4.74 Å². The lowest BCUT2D eigenvalue weighted by atomic mass is 10.0. The predicted octanol–water partition coefficient (Wildman–Crippen LogP) is 2.86. The molecule has 1 aromatic carbocycles. The van der Waals surface area contributed by atoms with Crippen LogP contribution in [0.25, 0.3) is 0 Å². The Balaban J connectivity index is 2.31. The largest absolute Gasteiger partial charge is 0.480 e. The summed E-state index contributed by atoms with van der Waals surface area (Å²) in [6, 6.07) is 5.07. The zero-order chi connectivity index (χ0) is 10.3. The van der Waals surface area contributed by atoms with Gasteiger partial charge in [-0.2, -0.15) is 13.2 Å². The highest BCUT2D eigenvalue weighted by atomic mass is 19.4. The van der Waals surface area contributed by atoms with E-state index in [4.69, 9.17) is 4.74 Å². The van der Waals surface area contributed by atoms with Crippen LogP contribution in [0.2, 0.25) is 0 Å². The third kappa shape index (κ3) is 1.45. The first-order valence-corrected chi connectivity index (χ1v) is 4.30. The van der Waals surface area contributed by atoms with Crippen molar-refractivity contribution in [3.05, 3.63) is 29.3 Å². The summed E-state index contributed by atoms with van der Waals surface area (Å²) in [7, 11) is 0. The number of benzene rings is 1. The maximum Gasteiger partial charge on any atom is 0.425 e. The van der Waals surface area contributed by atoms with Gasteiger partial charge in [0.2, 0.25) is 0 Å². The summed E-state index contributed by atoms with van der Waals surface area (Å²) >= 11 is 0. The van der Waals surface area contributed by atoms with Crippen LogP contribution >= 0.6 is 0 Å². The molecule has 0 N–H and O–H groups in total. The van der Waals surface area contributed by atoms with E-state index in [-0.39, 0.29) is 6.42 Å². The molecule has 14 heavy (non-hydrogen) atoms. The van der Waals surface area contributed by atoms with Crippen molar-refractivity contribution in [1.29, 1.82) is 0 Å². The minimum atomic E-state index is -4.27. The molecule has 1 heterocycles. The smallest absolute Gasteiger partial charge is 0.425 e. The second-order valence-electron chi connectivity index (χ2n) is 3.40. The lowest BCUT2D eigenvalue weighted by Gasteiger charge is -2.13. The molecule has 0 aromatic heterocycles. The number of rotatable bonds is 0. The number of alkyl halides is 3. The van der Waals surface area contributed by atoms with E-state index in [2.05, 4.69) is 0 Å². The number of hydrogen-bond acceptors (Lipinski definition) is 1. The zero-order valence-electron chi connectivity index (χ0n) is 7.56. The van der Waals surface area contributed by atoms with Crippen LogP contribution < -0.4 is 4.74 Å². The summed E-state index contributed by atoms with van der Waals surface area (Å²) in [4.78, 5) is 0. The quantitative estimate of drug-likeness (QED) is 0.628. The highest BCUT2D eigenvalue weighted by molar-refractivity contribution is 5.43. The van der Waals surface area contributed by atoms with Gasteiger partial charge in [0.15, 0.2) is 6.10 Å². The Hall–Kier alpha value is -1.19. The fourth-order valence-electron chi connectivity index (χ4n) is 1.61. The molecular weight excluding hydrogens is 193 g/mol. The first-order chi connectivity index (χ1) is 6.48. The van der Waals surface area contributed by atoms with Gasteiger partial charge in [0.25, 0.3) is 0 Å². The monoisotopic (exact) mass is 202 g/mol. The van der Waals surface area contributed by atoms with Crippen molar-refractivity contribution >= 4 is 0 Å². The van der Waals surface area contributed by atoms with Crippen LogP contribution in [0.5, 0.6) is 5.75 Å². The molecule has 0 fully saturated rings. The first kappa shape index (κ1) is 9.37. The lowest BCUT2D eigenvalue weighted by Crippen LogP contribution is -2.32. The lowest BCUT2D eigenvalue weighted by molar-refractivity contribution is -0.189. The summed E-state index contributed by atoms with van der Waals surface area (Å²) < 4.78 is 41.8. The van der Waals surface area contributed by atoms with E-state index >= 15 is 0 Å². The van der Waals surface area contributed by atoms with Crippen LogP contribution in [0.1, 0.15) is 11.1 Å². The maximum absolute atomic E-state index is 12.3. The van der Waals surface area contributed by atoms with Crippen molar-refractivity contribution in [2.24, 2.45) is 0 Å². The zero-order valence-corrected chi connectivity index (χ0v) is 7.56. The molecule has 0 bridgehead atoms. The van der Waals surface area contributed by atoms with E-state index in [1.807, 2.05) is 0 Å². The van der Waals surface area contributed by atoms with Gasteiger partial charge in [0.1, 0.15) is 5.75 Å². The number of ether oxygens (including phenoxy) is 1. The Kier molecular flexibility index (Phi) is 1.94. The van der Waals surface area contributed by atoms with Gasteiger partial charge in [-0.05, 0) is 18.6 Å². The van der Waals surface area contributed by atoms with Crippen molar-refractivity contribution < 1.29 is 17.9 Å². The molecule has 1 aliphatic rings. The van der Waals surface area contributed by atoms with Crippen LogP contribution in [0.3, 0.4) is 0 Å². The van der Waals surface area contributed by atoms with Crippen molar-refractivity contribution in [2.75, 3.05) is 0 Å². The van der Waals surface area contributed by atoms with Crippen molar-refractivity contribution in [2.45, 2.75) is 25.6 Å². The molecule has 0 aliphatic carbocycles. The molecule has 4 heteroatoms. The SMILES string of the molecule is Cc1cccc2c1CC(C(F)(F)F)O2. The summed E-state index contributed by atoms with van der Waals surface area (Å²) in [6.45, 7) is 1.79. The highest BCUT2D eigenvalue weighted by Gasteiger charge is 2.45. The van der Waals surface area contributed by atoms with E-state index in [9.17, 15) is 13.2 Å². The van der Waals surface area contributed by atoms with Crippen LogP contribution in [-0.2, 0) is 6.42 Å². The van der Waals surface area contributed by atoms with E-state index < -0.39 is 12.3 Å². The average molecular weight is 202 g/mol. The van der Waals surface area contributed by atoms with Gasteiger partial charge in [-0.1, -0.05) is 12.1 Å². The van der Waals surface area contributed by atoms with E-state index in [1.165, 1.54) is 0 Å². The molecule has 1 aromatic rings. The second kappa shape index (κ2) is 2.90. The normalized spacial score (nSPS) is 20.4. The molecule has 1 nitrogen and oxygen atoms in total. The molecular formula is C10H9F3O. The summed E-state index contributed by atoms with van der Waals surface area (Å²) in [5, 5.41) is 0. The van der Waals surface area contributed by atoms with Gasteiger partial charge >= 0.3 is 6.18 Å². The van der Waals surface area contributed by atoms with Gasteiger partial charge in [0.05, 0.1) is 0 Å². The molecule has 1 unspecified atom stereocenters. The number of aryl methyl sites for hydroxylation is 1. The van der Waals surface area contributed by atoms with Gasteiger partial charge in [-0.15, -0.1) is 0 Å². The highest BCUT2D eigenvalue weighted by Crippen LogP contribution is 2.37. The Morgan fingerprint density at radius 2 is 2.07 bits per heavy atom. The minimum Gasteiger partial charge on any atom is -0.480 e. The molecule has 0 saturated carbocycles. The molecule has 0 radical (unpaired) electrons. The molecule has 1 atom stereocenters. The van der Waals surface area contributed by atoms with Gasteiger partial charge in [-0.3, -0.25) is 0 Å². The van der Waals surface area contributed by atoms with Gasteiger partial charge in [-0.25, -0.2) is 0 Å². The number of fused-ring (bicyclic) bond motifs is 1. The Morgan fingerprint density at radius 1 is 1.36 bits per heavy atom. The fourth-order valence-corrected chi connectivity index (χ4v) is 1.61. The number of halogens is 3. The van der Waals surface area contributed by atoms with Crippen LogP contribution in [0, 0.1) is 6.92 Å². The van der Waals surface area contributed by atoms with Crippen LogP contribution in [-0.4, -0.2) is 12.3 Å². The van der Waals surface area contributed by atoms with E-state index in [0.717, 1.165) is 5.56 Å². The summed E-state index contributed by atoms with van der Waals surface area (Å²) in [5.74, 6) is 0.368. The first-order valence-electron chi connectivity index (χ1n) is 4.30. The third-order valence-electron chi connectivity index (χ3n) is 2.39. The molecule has 0 amide bonds. The van der Waals surface area contributed by atoms with Crippen molar-refractivity contribution in [1.82, 2.24) is 0 Å². The Morgan fingerprint density at radius 3 is 2.64 bits per heavy atom. The molecule has 1 aliphatic heterocycles. The predicted molar refractivity (Wildman–Crippen MR) is 45.4 cm³/mol. The molecule has 0 saturated heterocycles. The fraction of sp³-hybridized carbons (Fsp3) is 0.400. The van der Waals surface area contributed by atoms with Crippen molar-refractivity contribution in [3.8, 4) is 5.75 Å². The molecule has 0 spiro atoms. The van der Waals surface area contributed by atoms with E-state index in [1.54, 1.807) is 25.1 Å². The summed E-state index contributed by atoms with van der Waals surface area (Å²) in [6.07, 6.45) is -6.00.